The lowest BCUT2D eigenvalue weighted by Gasteiger charge is -2.03. The maximum Gasteiger partial charge on any atom is 0.338 e. The molecule has 76 valence electrons. The Hall–Kier alpha value is -0.960. The molecule has 0 aromatic heterocycles. The monoisotopic (exact) mass is 210 g/mol. The lowest BCUT2D eigenvalue weighted by atomic mass is 10.2. The minimum Gasteiger partial charge on any atom is -0.451 e. The molecule has 14 heavy (non-hydrogen) atoms. The van der Waals surface area contributed by atoms with Crippen LogP contribution in [0.3, 0.4) is 0 Å². The highest BCUT2D eigenvalue weighted by Gasteiger charge is 2.04. The van der Waals surface area contributed by atoms with E-state index in [1.54, 1.807) is 23.9 Å². The van der Waals surface area contributed by atoms with Crippen molar-refractivity contribution in [3.05, 3.63) is 35.9 Å². The predicted octanol–water partition coefficient (Wildman–Crippen LogP) is 2.94. The van der Waals surface area contributed by atoms with Gasteiger partial charge in [0.1, 0.15) is 5.94 Å². The number of rotatable bonds is 5. The van der Waals surface area contributed by atoms with Crippen LogP contribution in [0.1, 0.15) is 23.7 Å². The van der Waals surface area contributed by atoms with Crippen LogP contribution in [0.15, 0.2) is 30.3 Å². The average molecular weight is 210 g/mol. The summed E-state index contributed by atoms with van der Waals surface area (Å²) in [4.78, 5) is 11.4. The van der Waals surface area contributed by atoms with Gasteiger partial charge >= 0.3 is 5.97 Å². The van der Waals surface area contributed by atoms with Gasteiger partial charge in [-0.05, 0) is 24.3 Å². The van der Waals surface area contributed by atoms with Gasteiger partial charge in [-0.1, -0.05) is 25.1 Å². The molecule has 0 amide bonds. The molecule has 0 atom stereocenters. The van der Waals surface area contributed by atoms with Crippen molar-refractivity contribution in [1.29, 1.82) is 0 Å². The molecule has 0 saturated heterocycles. The zero-order valence-electron chi connectivity index (χ0n) is 8.23. The van der Waals surface area contributed by atoms with Crippen LogP contribution in [0.25, 0.3) is 0 Å². The van der Waals surface area contributed by atoms with Gasteiger partial charge in [-0.15, -0.1) is 11.8 Å². The molecule has 0 bridgehead atoms. The van der Waals surface area contributed by atoms with Crippen molar-refractivity contribution in [3.63, 3.8) is 0 Å². The molecule has 0 saturated carbocycles. The number of hydrogen-bond donors (Lipinski definition) is 0. The molecule has 0 fully saturated rings. The van der Waals surface area contributed by atoms with E-state index >= 15 is 0 Å². The maximum atomic E-state index is 11.4. The molecule has 0 unspecified atom stereocenters. The molecule has 0 aliphatic heterocycles. The number of hydrogen-bond acceptors (Lipinski definition) is 3. The van der Waals surface area contributed by atoms with Gasteiger partial charge in [0, 0.05) is 0 Å². The Morgan fingerprint density at radius 2 is 2.07 bits per heavy atom. The molecule has 1 aromatic carbocycles. The normalized spacial score (nSPS) is 9.79. The van der Waals surface area contributed by atoms with Crippen LogP contribution in [0.4, 0.5) is 0 Å². The fourth-order valence-electron chi connectivity index (χ4n) is 0.956. The molecule has 1 aromatic rings. The Morgan fingerprint density at radius 1 is 1.36 bits per heavy atom. The zero-order valence-corrected chi connectivity index (χ0v) is 9.05. The molecule has 0 spiro atoms. The maximum absolute atomic E-state index is 11.4. The summed E-state index contributed by atoms with van der Waals surface area (Å²) < 4.78 is 5.05. The molecule has 2 nitrogen and oxygen atoms in total. The van der Waals surface area contributed by atoms with Crippen molar-refractivity contribution >= 4 is 17.7 Å². The van der Waals surface area contributed by atoms with E-state index in [2.05, 4.69) is 6.92 Å². The first-order valence-corrected chi connectivity index (χ1v) is 5.80. The summed E-state index contributed by atoms with van der Waals surface area (Å²) in [5.74, 6) is 1.23. The Balaban J connectivity index is 2.29. The second kappa shape index (κ2) is 6.49. The third kappa shape index (κ3) is 3.83. The summed E-state index contributed by atoms with van der Waals surface area (Å²) in [7, 11) is 0. The highest BCUT2D eigenvalue weighted by atomic mass is 32.2. The van der Waals surface area contributed by atoms with Crippen molar-refractivity contribution in [3.8, 4) is 0 Å². The Labute approximate surface area is 88.7 Å². The van der Waals surface area contributed by atoms with E-state index in [9.17, 15) is 4.79 Å². The first kappa shape index (κ1) is 11.1. The van der Waals surface area contributed by atoms with Crippen molar-refractivity contribution in [1.82, 2.24) is 0 Å². The first-order valence-electron chi connectivity index (χ1n) is 4.64. The van der Waals surface area contributed by atoms with Gasteiger partial charge in [-0.2, -0.15) is 0 Å². The Bertz CT molecular complexity index is 272. The third-order valence-electron chi connectivity index (χ3n) is 1.63. The Morgan fingerprint density at radius 3 is 2.71 bits per heavy atom. The van der Waals surface area contributed by atoms with Gasteiger partial charge < -0.3 is 4.74 Å². The minimum atomic E-state index is -0.241. The number of carbonyl (C=O) groups excluding carboxylic acids is 1. The van der Waals surface area contributed by atoms with Gasteiger partial charge in [-0.3, -0.25) is 0 Å². The molecule has 0 heterocycles. The lowest BCUT2D eigenvalue weighted by molar-refractivity contribution is 0.0579. The standard InChI is InChI=1S/C11H14O2S/c1-2-8-14-9-13-11(12)10-6-4-3-5-7-10/h3-7H,2,8-9H2,1H3. The average Bonchev–Trinajstić information content (AvgIpc) is 2.25. The molecule has 0 N–H and O–H groups in total. The van der Waals surface area contributed by atoms with Gasteiger partial charge in [0.05, 0.1) is 5.56 Å². The van der Waals surface area contributed by atoms with Crippen LogP contribution in [0.5, 0.6) is 0 Å². The summed E-state index contributed by atoms with van der Waals surface area (Å²) in [6.45, 7) is 2.10. The molecule has 0 aliphatic carbocycles. The highest BCUT2D eigenvalue weighted by Crippen LogP contribution is 2.06. The minimum absolute atomic E-state index is 0.241. The SMILES string of the molecule is CCCSCOC(=O)c1ccccc1. The molecule has 0 aliphatic rings. The molecular weight excluding hydrogens is 196 g/mol. The number of ether oxygens (including phenoxy) is 1. The summed E-state index contributed by atoms with van der Waals surface area (Å²) >= 11 is 1.63. The zero-order chi connectivity index (χ0) is 10.2. The van der Waals surface area contributed by atoms with Gasteiger partial charge in [0.2, 0.25) is 0 Å². The van der Waals surface area contributed by atoms with Crippen LogP contribution >= 0.6 is 11.8 Å². The number of thioether (sulfide) groups is 1. The van der Waals surface area contributed by atoms with E-state index in [0.717, 1.165) is 12.2 Å². The summed E-state index contributed by atoms with van der Waals surface area (Å²) in [5, 5.41) is 0. The Kier molecular flexibility index (Phi) is 5.15. The van der Waals surface area contributed by atoms with E-state index in [0.29, 0.717) is 11.5 Å². The molecule has 3 heteroatoms. The third-order valence-corrected chi connectivity index (χ3v) is 2.61. The van der Waals surface area contributed by atoms with Crippen LogP contribution in [-0.2, 0) is 4.74 Å². The van der Waals surface area contributed by atoms with Crippen molar-refractivity contribution in [2.75, 3.05) is 11.7 Å². The summed E-state index contributed by atoms with van der Waals surface area (Å²) in [5.41, 5.74) is 0.615. The predicted molar refractivity (Wildman–Crippen MR) is 59.5 cm³/mol. The van der Waals surface area contributed by atoms with Gasteiger partial charge in [0.25, 0.3) is 0 Å². The van der Waals surface area contributed by atoms with Crippen molar-refractivity contribution < 1.29 is 9.53 Å². The fourth-order valence-corrected chi connectivity index (χ4v) is 1.55. The van der Waals surface area contributed by atoms with E-state index in [1.165, 1.54) is 0 Å². The molecule has 1 rings (SSSR count). The lowest BCUT2D eigenvalue weighted by Crippen LogP contribution is -2.04. The number of esters is 1. The first-order chi connectivity index (χ1) is 6.84. The van der Waals surface area contributed by atoms with Gasteiger partial charge in [0.15, 0.2) is 0 Å². The van der Waals surface area contributed by atoms with Crippen LogP contribution in [-0.4, -0.2) is 17.7 Å². The summed E-state index contributed by atoms with van der Waals surface area (Å²) in [6, 6.07) is 9.05. The van der Waals surface area contributed by atoms with Crippen molar-refractivity contribution in [2.24, 2.45) is 0 Å². The number of benzene rings is 1. The van der Waals surface area contributed by atoms with E-state index < -0.39 is 0 Å². The molecule has 0 radical (unpaired) electrons. The van der Waals surface area contributed by atoms with E-state index in [1.807, 2.05) is 18.2 Å². The summed E-state index contributed by atoms with van der Waals surface area (Å²) in [6.07, 6.45) is 1.10. The fraction of sp³-hybridized carbons (Fsp3) is 0.364. The van der Waals surface area contributed by atoms with E-state index in [4.69, 9.17) is 4.74 Å². The number of carbonyl (C=O) groups is 1. The topological polar surface area (TPSA) is 26.3 Å². The highest BCUT2D eigenvalue weighted by molar-refractivity contribution is 7.99. The second-order valence-corrected chi connectivity index (χ2v) is 3.88. The van der Waals surface area contributed by atoms with Crippen LogP contribution < -0.4 is 0 Å². The quantitative estimate of drug-likeness (QED) is 0.424. The second-order valence-electron chi connectivity index (χ2n) is 2.82. The van der Waals surface area contributed by atoms with Crippen LogP contribution in [0, 0.1) is 0 Å². The van der Waals surface area contributed by atoms with Gasteiger partial charge in [-0.25, -0.2) is 4.79 Å². The van der Waals surface area contributed by atoms with E-state index in [-0.39, 0.29) is 5.97 Å². The largest absolute Gasteiger partial charge is 0.451 e. The van der Waals surface area contributed by atoms with Crippen molar-refractivity contribution in [2.45, 2.75) is 13.3 Å². The van der Waals surface area contributed by atoms with Crippen LogP contribution in [0.2, 0.25) is 0 Å². The molecular formula is C11H14O2S. The smallest absolute Gasteiger partial charge is 0.338 e.